The third-order valence-electron chi connectivity index (χ3n) is 1.90. The summed E-state index contributed by atoms with van der Waals surface area (Å²) in [5.41, 5.74) is -0.183. The first-order chi connectivity index (χ1) is 5.13. The van der Waals surface area contributed by atoms with Gasteiger partial charge in [0, 0.05) is 5.57 Å². The van der Waals surface area contributed by atoms with Crippen molar-refractivity contribution in [2.75, 3.05) is 0 Å². The molecule has 1 fully saturated rings. The van der Waals surface area contributed by atoms with E-state index in [2.05, 4.69) is 0 Å². The zero-order chi connectivity index (χ0) is 8.43. The molecule has 0 spiro atoms. The minimum atomic E-state index is -1.81. The van der Waals surface area contributed by atoms with Crippen molar-refractivity contribution in [2.45, 2.75) is 19.3 Å². The summed E-state index contributed by atoms with van der Waals surface area (Å²) in [4.78, 5) is 10.3. The summed E-state index contributed by atoms with van der Waals surface area (Å²) in [7, 11) is 0. The predicted octanol–water partition coefficient (Wildman–Crippen LogP) is 2.02. The fourth-order valence-electron chi connectivity index (χ4n) is 1.34. The Hall–Kier alpha value is -0.930. The van der Waals surface area contributed by atoms with Gasteiger partial charge < -0.3 is 5.11 Å². The Labute approximate surface area is 62.5 Å². The van der Waals surface area contributed by atoms with E-state index in [1.807, 2.05) is 0 Å². The molecule has 11 heavy (non-hydrogen) atoms. The molecule has 62 valence electrons. The average Bonchev–Trinajstić information content (AvgIpc) is 2.32. The van der Waals surface area contributed by atoms with Crippen molar-refractivity contribution in [1.29, 1.82) is 0 Å². The summed E-state index contributed by atoms with van der Waals surface area (Å²) in [5.74, 6) is -2.06. The van der Waals surface area contributed by atoms with Crippen molar-refractivity contribution in [3.8, 4) is 0 Å². The van der Waals surface area contributed by atoms with E-state index in [1.54, 1.807) is 0 Å². The number of hydrogen-bond acceptors (Lipinski definition) is 1. The van der Waals surface area contributed by atoms with Gasteiger partial charge in [-0.1, -0.05) is 0 Å². The number of carboxylic acid groups (broad SMARTS) is 1. The average molecular weight is 162 g/mol. The van der Waals surface area contributed by atoms with Crippen LogP contribution in [0.1, 0.15) is 19.3 Å². The number of hydrogen-bond donors (Lipinski definition) is 1. The highest BCUT2D eigenvalue weighted by Crippen LogP contribution is 2.34. The van der Waals surface area contributed by atoms with Crippen molar-refractivity contribution in [1.82, 2.24) is 0 Å². The van der Waals surface area contributed by atoms with Crippen LogP contribution in [0.15, 0.2) is 11.7 Å². The van der Waals surface area contributed by atoms with Gasteiger partial charge in [-0.2, -0.15) is 8.78 Å². The Kier molecular flexibility index (Phi) is 2.22. The fraction of sp³-hybridized carbons (Fsp3) is 0.571. The third-order valence-corrected chi connectivity index (χ3v) is 1.90. The molecule has 4 heteroatoms. The summed E-state index contributed by atoms with van der Waals surface area (Å²) >= 11 is 0. The number of aliphatic carboxylic acids is 1. The van der Waals surface area contributed by atoms with Gasteiger partial charge in [0.15, 0.2) is 0 Å². The van der Waals surface area contributed by atoms with Crippen LogP contribution in [0.4, 0.5) is 8.78 Å². The molecule has 1 unspecified atom stereocenters. The van der Waals surface area contributed by atoms with Crippen LogP contribution >= 0.6 is 0 Å². The van der Waals surface area contributed by atoms with Gasteiger partial charge in [-0.05, 0) is 19.3 Å². The van der Waals surface area contributed by atoms with Gasteiger partial charge in [-0.25, -0.2) is 0 Å². The molecule has 0 radical (unpaired) electrons. The molecule has 2 nitrogen and oxygen atoms in total. The van der Waals surface area contributed by atoms with Crippen LogP contribution in [0.5, 0.6) is 0 Å². The van der Waals surface area contributed by atoms with Crippen molar-refractivity contribution in [2.24, 2.45) is 5.92 Å². The smallest absolute Gasteiger partial charge is 0.310 e. The Morgan fingerprint density at radius 2 is 2.18 bits per heavy atom. The van der Waals surface area contributed by atoms with E-state index in [1.165, 1.54) is 0 Å². The summed E-state index contributed by atoms with van der Waals surface area (Å²) in [6.07, 6.45) is -0.666. The molecule has 1 N–H and O–H groups in total. The monoisotopic (exact) mass is 162 g/mol. The number of carbonyl (C=O) groups is 1. The minimum Gasteiger partial charge on any atom is -0.481 e. The van der Waals surface area contributed by atoms with Gasteiger partial charge in [-0.3, -0.25) is 4.79 Å². The summed E-state index contributed by atoms with van der Waals surface area (Å²) in [6, 6.07) is 0. The van der Waals surface area contributed by atoms with Gasteiger partial charge in [0.2, 0.25) is 0 Å². The molecular formula is C7H8F2O2. The van der Waals surface area contributed by atoms with Crippen LogP contribution in [0.3, 0.4) is 0 Å². The van der Waals surface area contributed by atoms with E-state index in [0.717, 1.165) is 0 Å². The highest BCUT2D eigenvalue weighted by molar-refractivity contribution is 5.74. The molecule has 0 aromatic heterocycles. The maximum absolute atomic E-state index is 12.0. The zero-order valence-electron chi connectivity index (χ0n) is 5.81. The summed E-state index contributed by atoms with van der Waals surface area (Å²) in [5, 5.41) is 8.47. The molecule has 0 bridgehead atoms. The maximum atomic E-state index is 12.0. The van der Waals surface area contributed by atoms with Crippen LogP contribution in [0.2, 0.25) is 0 Å². The van der Waals surface area contributed by atoms with Crippen molar-refractivity contribution in [3.63, 3.8) is 0 Å². The van der Waals surface area contributed by atoms with Gasteiger partial charge in [0.05, 0.1) is 5.92 Å². The first-order valence-corrected chi connectivity index (χ1v) is 3.39. The van der Waals surface area contributed by atoms with E-state index >= 15 is 0 Å². The molecular weight excluding hydrogens is 154 g/mol. The third kappa shape index (κ3) is 1.56. The predicted molar refractivity (Wildman–Crippen MR) is 34.2 cm³/mol. The van der Waals surface area contributed by atoms with E-state index < -0.39 is 18.0 Å². The lowest BCUT2D eigenvalue weighted by molar-refractivity contribution is -0.140. The van der Waals surface area contributed by atoms with Gasteiger partial charge in [0.25, 0.3) is 6.08 Å². The van der Waals surface area contributed by atoms with Crippen LogP contribution in [-0.4, -0.2) is 11.1 Å². The number of carboxylic acids is 1. The number of halogens is 2. The highest BCUT2D eigenvalue weighted by atomic mass is 19.3. The van der Waals surface area contributed by atoms with E-state index in [-0.39, 0.29) is 12.0 Å². The van der Waals surface area contributed by atoms with E-state index in [0.29, 0.717) is 12.8 Å². The fourth-order valence-corrected chi connectivity index (χ4v) is 1.34. The molecule has 1 atom stereocenters. The van der Waals surface area contributed by atoms with Crippen molar-refractivity contribution >= 4 is 5.97 Å². The Morgan fingerprint density at radius 1 is 1.55 bits per heavy atom. The SMILES string of the molecule is O=C(O)C1CCCC1=C(F)F. The van der Waals surface area contributed by atoms with Crippen LogP contribution < -0.4 is 0 Å². The molecule has 1 saturated carbocycles. The first kappa shape index (κ1) is 8.17. The van der Waals surface area contributed by atoms with Gasteiger partial charge in [-0.15, -0.1) is 0 Å². The normalized spacial score (nSPS) is 23.8. The van der Waals surface area contributed by atoms with Crippen LogP contribution in [-0.2, 0) is 4.79 Å². The molecule has 0 heterocycles. The van der Waals surface area contributed by atoms with Crippen LogP contribution in [0.25, 0.3) is 0 Å². The molecule has 0 aliphatic heterocycles. The standard InChI is InChI=1S/C7H8F2O2/c8-6(9)4-2-1-3-5(4)7(10)11/h5H,1-3H2,(H,10,11). The lowest BCUT2D eigenvalue weighted by atomic mass is 10.1. The molecule has 0 saturated heterocycles. The zero-order valence-corrected chi connectivity index (χ0v) is 5.81. The van der Waals surface area contributed by atoms with Crippen molar-refractivity contribution in [3.05, 3.63) is 11.7 Å². The molecule has 0 aromatic carbocycles. The highest BCUT2D eigenvalue weighted by Gasteiger charge is 2.30. The second kappa shape index (κ2) is 2.98. The molecule has 0 aromatic rings. The lowest BCUT2D eigenvalue weighted by Crippen LogP contribution is -2.11. The largest absolute Gasteiger partial charge is 0.481 e. The molecule has 0 amide bonds. The maximum Gasteiger partial charge on any atom is 0.310 e. The second-order valence-corrected chi connectivity index (χ2v) is 2.57. The first-order valence-electron chi connectivity index (χ1n) is 3.39. The quantitative estimate of drug-likeness (QED) is 0.640. The molecule has 1 aliphatic carbocycles. The Balaban J connectivity index is 2.82. The topological polar surface area (TPSA) is 37.3 Å². The number of rotatable bonds is 1. The van der Waals surface area contributed by atoms with Crippen molar-refractivity contribution < 1.29 is 18.7 Å². The van der Waals surface area contributed by atoms with Crippen LogP contribution in [0, 0.1) is 5.92 Å². The van der Waals surface area contributed by atoms with Gasteiger partial charge in [0.1, 0.15) is 0 Å². The van der Waals surface area contributed by atoms with E-state index in [9.17, 15) is 13.6 Å². The minimum absolute atomic E-state index is 0.183. The second-order valence-electron chi connectivity index (χ2n) is 2.57. The Bertz CT molecular complexity index is 206. The Morgan fingerprint density at radius 3 is 2.55 bits per heavy atom. The van der Waals surface area contributed by atoms with E-state index in [4.69, 9.17) is 5.11 Å². The lowest BCUT2D eigenvalue weighted by Gasteiger charge is -2.02. The van der Waals surface area contributed by atoms with Gasteiger partial charge >= 0.3 is 5.97 Å². The molecule has 1 rings (SSSR count). The summed E-state index contributed by atoms with van der Waals surface area (Å²) < 4.78 is 23.9. The summed E-state index contributed by atoms with van der Waals surface area (Å²) in [6.45, 7) is 0. The molecule has 1 aliphatic rings.